The van der Waals surface area contributed by atoms with Gasteiger partial charge in [0.05, 0.1) is 15.0 Å². The fourth-order valence-electron chi connectivity index (χ4n) is 4.44. The summed E-state index contributed by atoms with van der Waals surface area (Å²) in [5.41, 5.74) is 2.72. The molecule has 7 nitrogen and oxygen atoms in total. The molecule has 0 saturated heterocycles. The number of halogens is 2. The Balaban J connectivity index is 1.44. The first-order valence-corrected chi connectivity index (χ1v) is 13.9. The van der Waals surface area contributed by atoms with E-state index in [9.17, 15) is 19.3 Å². The maximum Gasteiger partial charge on any atom is 0.312 e. The van der Waals surface area contributed by atoms with Crippen LogP contribution in [0.2, 0.25) is 0 Å². The summed E-state index contributed by atoms with van der Waals surface area (Å²) in [6.45, 7) is -0.166. The number of anilines is 1. The molecule has 0 atom stereocenters. The van der Waals surface area contributed by atoms with Crippen molar-refractivity contribution in [2.75, 3.05) is 5.32 Å². The minimum absolute atomic E-state index is 0.00470. The van der Waals surface area contributed by atoms with Crippen molar-refractivity contribution in [3.63, 3.8) is 0 Å². The molecule has 1 N–H and O–H groups in total. The van der Waals surface area contributed by atoms with Gasteiger partial charge in [-0.2, -0.15) is 0 Å². The molecule has 0 radical (unpaired) electrons. The summed E-state index contributed by atoms with van der Waals surface area (Å²) in [5, 5.41) is 15.4. The van der Waals surface area contributed by atoms with Crippen LogP contribution >= 0.6 is 27.3 Å². The number of fused-ring (bicyclic) bond motifs is 1. The number of nitrogens with zero attached hydrogens (tertiary/aromatic N) is 2. The van der Waals surface area contributed by atoms with Gasteiger partial charge in [0, 0.05) is 34.0 Å². The minimum Gasteiger partial charge on any atom is -0.481 e. The number of amides is 1. The number of benzene rings is 3. The second-order valence-corrected chi connectivity index (χ2v) is 10.9. The summed E-state index contributed by atoms with van der Waals surface area (Å²) in [5.74, 6) is -0.683. The molecule has 198 valence electrons. The molecular weight excluding hydrogens is 585 g/mol. The van der Waals surface area contributed by atoms with Crippen molar-refractivity contribution in [2.24, 2.45) is 4.99 Å². The lowest BCUT2D eigenvalue weighted by atomic mass is 9.95. The molecular formula is C29H23BrFN3O4S. The number of nitro benzene ring substituents is 1. The molecule has 5 rings (SSSR count). The third-order valence-electron chi connectivity index (χ3n) is 6.32. The zero-order valence-corrected chi connectivity index (χ0v) is 23.1. The predicted molar refractivity (Wildman–Crippen MR) is 154 cm³/mol. The van der Waals surface area contributed by atoms with E-state index in [1.165, 1.54) is 29.7 Å². The molecule has 0 saturated carbocycles. The Morgan fingerprint density at radius 1 is 1.13 bits per heavy atom. The molecule has 4 aromatic rings. The number of thiophene rings is 1. The zero-order chi connectivity index (χ0) is 27.4. The molecule has 10 heteroatoms. The third kappa shape index (κ3) is 6.07. The standard InChI is InChI=1S/C29H23BrFN3O4S/c30-22-14-18(15-24(34(36)37)27(22)38-17-19-8-4-6-12-23(19)31)16-32-29-26(21-11-5-7-13-25(21)39-29)28(35)33-20-9-2-1-3-10-20/h1-4,6,8-10,12,14-16H,5,7,11,13,17H2,(H,33,35). The van der Waals surface area contributed by atoms with Gasteiger partial charge in [0.2, 0.25) is 5.75 Å². The van der Waals surface area contributed by atoms with Gasteiger partial charge in [0.15, 0.2) is 0 Å². The van der Waals surface area contributed by atoms with Crippen LogP contribution in [0.15, 0.2) is 76.2 Å². The van der Waals surface area contributed by atoms with E-state index in [0.29, 0.717) is 26.3 Å². The lowest BCUT2D eigenvalue weighted by Crippen LogP contribution is -2.14. The van der Waals surface area contributed by atoms with E-state index >= 15 is 0 Å². The Morgan fingerprint density at radius 2 is 1.87 bits per heavy atom. The molecule has 39 heavy (non-hydrogen) atoms. The molecule has 1 aliphatic carbocycles. The Kier molecular flexibility index (Phi) is 8.13. The molecule has 1 aliphatic rings. The summed E-state index contributed by atoms with van der Waals surface area (Å²) in [6.07, 6.45) is 5.28. The average molecular weight is 608 g/mol. The van der Waals surface area contributed by atoms with E-state index in [2.05, 4.69) is 26.2 Å². The molecule has 0 fully saturated rings. The first-order valence-electron chi connectivity index (χ1n) is 12.3. The third-order valence-corrected chi connectivity index (χ3v) is 8.10. The van der Waals surface area contributed by atoms with E-state index in [4.69, 9.17) is 4.74 Å². The van der Waals surface area contributed by atoms with Crippen molar-refractivity contribution >= 4 is 55.8 Å². The summed E-state index contributed by atoms with van der Waals surface area (Å²) in [4.78, 5) is 30.4. The van der Waals surface area contributed by atoms with Crippen molar-refractivity contribution in [1.29, 1.82) is 0 Å². The summed E-state index contributed by atoms with van der Waals surface area (Å²) >= 11 is 4.84. The molecule has 1 aromatic heterocycles. The van der Waals surface area contributed by atoms with Gasteiger partial charge in [-0.1, -0.05) is 36.4 Å². The average Bonchev–Trinajstić information content (AvgIpc) is 3.31. The number of aryl methyl sites for hydroxylation is 1. The van der Waals surface area contributed by atoms with Gasteiger partial charge in [-0.3, -0.25) is 14.9 Å². The van der Waals surface area contributed by atoms with Crippen molar-refractivity contribution in [3.05, 3.63) is 114 Å². The maximum atomic E-state index is 14.0. The quantitative estimate of drug-likeness (QED) is 0.125. The van der Waals surface area contributed by atoms with E-state index in [-0.39, 0.29) is 29.5 Å². The minimum atomic E-state index is -0.554. The Morgan fingerprint density at radius 3 is 2.64 bits per heavy atom. The highest BCUT2D eigenvalue weighted by molar-refractivity contribution is 9.10. The first-order chi connectivity index (χ1) is 18.9. The highest BCUT2D eigenvalue weighted by atomic mass is 79.9. The van der Waals surface area contributed by atoms with Crippen LogP contribution in [0.5, 0.6) is 5.75 Å². The molecule has 0 aliphatic heterocycles. The van der Waals surface area contributed by atoms with Gasteiger partial charge in [-0.25, -0.2) is 9.38 Å². The Hall–Kier alpha value is -3.89. The fraction of sp³-hybridized carbons (Fsp3) is 0.172. The van der Waals surface area contributed by atoms with E-state index in [1.807, 2.05) is 30.3 Å². The number of hydrogen-bond acceptors (Lipinski definition) is 6. The van der Waals surface area contributed by atoms with Crippen LogP contribution in [-0.2, 0) is 19.4 Å². The van der Waals surface area contributed by atoms with Crippen LogP contribution in [0.3, 0.4) is 0 Å². The monoisotopic (exact) mass is 607 g/mol. The van der Waals surface area contributed by atoms with E-state index < -0.39 is 10.7 Å². The SMILES string of the molecule is O=C(Nc1ccccc1)c1c(N=Cc2cc(Br)c(OCc3ccccc3F)c([N+](=O)[O-])c2)sc2c1CCCC2. The van der Waals surface area contributed by atoms with Gasteiger partial charge in [0.25, 0.3) is 5.91 Å². The predicted octanol–water partition coefficient (Wildman–Crippen LogP) is 8.02. The van der Waals surface area contributed by atoms with Gasteiger partial charge < -0.3 is 10.1 Å². The van der Waals surface area contributed by atoms with E-state index in [0.717, 1.165) is 36.1 Å². The number of nitrogens with one attached hydrogen (secondary N) is 1. The molecule has 0 unspecified atom stereocenters. The Bertz CT molecular complexity index is 1570. The number of nitro groups is 1. The number of aliphatic imine (C=N–C) groups is 1. The number of hydrogen-bond donors (Lipinski definition) is 1. The van der Waals surface area contributed by atoms with E-state index in [1.54, 1.807) is 24.3 Å². The smallest absolute Gasteiger partial charge is 0.312 e. The van der Waals surface area contributed by atoms with Crippen LogP contribution < -0.4 is 10.1 Å². The summed E-state index contributed by atoms with van der Waals surface area (Å²) in [7, 11) is 0. The molecule has 1 heterocycles. The van der Waals surface area contributed by atoms with Crippen molar-refractivity contribution in [2.45, 2.75) is 32.3 Å². The highest BCUT2D eigenvalue weighted by Gasteiger charge is 2.26. The van der Waals surface area contributed by atoms with Crippen molar-refractivity contribution < 1.29 is 18.8 Å². The molecule has 3 aromatic carbocycles. The van der Waals surface area contributed by atoms with Crippen LogP contribution in [0.1, 0.15) is 44.8 Å². The topological polar surface area (TPSA) is 93.8 Å². The van der Waals surface area contributed by atoms with Gasteiger partial charge in [0.1, 0.15) is 17.4 Å². The molecule has 0 bridgehead atoms. The second kappa shape index (κ2) is 11.9. The zero-order valence-electron chi connectivity index (χ0n) is 20.7. The van der Waals surface area contributed by atoms with Crippen molar-refractivity contribution in [1.82, 2.24) is 0 Å². The molecule has 0 spiro atoms. The summed E-state index contributed by atoms with van der Waals surface area (Å²) in [6, 6.07) is 18.3. The number of ether oxygens (including phenoxy) is 1. The van der Waals surface area contributed by atoms with Gasteiger partial charge in [-0.15, -0.1) is 11.3 Å². The Labute approximate surface area is 236 Å². The number of para-hydroxylation sites is 1. The number of carbonyl (C=O) groups excluding carboxylic acids is 1. The van der Waals surface area contributed by atoms with Crippen molar-refractivity contribution in [3.8, 4) is 5.75 Å². The number of rotatable bonds is 8. The second-order valence-electron chi connectivity index (χ2n) is 8.96. The van der Waals surface area contributed by atoms with Gasteiger partial charge in [-0.05, 0) is 71.4 Å². The largest absolute Gasteiger partial charge is 0.481 e. The lowest BCUT2D eigenvalue weighted by Gasteiger charge is -2.12. The van der Waals surface area contributed by atoms with Crippen LogP contribution in [0, 0.1) is 15.9 Å². The normalized spacial score (nSPS) is 12.8. The maximum absolute atomic E-state index is 14.0. The lowest BCUT2D eigenvalue weighted by molar-refractivity contribution is -0.386. The highest BCUT2D eigenvalue weighted by Crippen LogP contribution is 2.41. The summed E-state index contributed by atoms with van der Waals surface area (Å²) < 4.78 is 20.0. The first kappa shape index (κ1) is 26.7. The van der Waals surface area contributed by atoms with Gasteiger partial charge >= 0.3 is 5.69 Å². The molecule has 1 amide bonds. The fourth-order valence-corrected chi connectivity index (χ4v) is 6.25. The number of carbonyl (C=O) groups is 1. The van der Waals surface area contributed by atoms with Crippen LogP contribution in [-0.4, -0.2) is 17.0 Å². The van der Waals surface area contributed by atoms with Crippen LogP contribution in [0.25, 0.3) is 0 Å². The van der Waals surface area contributed by atoms with Crippen LogP contribution in [0.4, 0.5) is 20.8 Å².